The molecule has 0 saturated heterocycles. The van der Waals surface area contributed by atoms with Gasteiger partial charge in [-0.25, -0.2) is 0 Å². The van der Waals surface area contributed by atoms with E-state index in [1.165, 1.54) is 0 Å². The molecule has 21 heavy (non-hydrogen) atoms. The second kappa shape index (κ2) is 5.77. The monoisotopic (exact) mass is 289 g/mol. The van der Waals surface area contributed by atoms with Crippen LogP contribution in [0.1, 0.15) is 24.4 Å². The van der Waals surface area contributed by atoms with Crippen molar-refractivity contribution >= 4 is 22.6 Å². The molecule has 1 aromatic carbocycles. The molecule has 0 radical (unpaired) electrons. The normalized spacial score (nSPS) is 12.0. The smallest absolute Gasteiger partial charge is 0.287 e. The lowest BCUT2D eigenvalue weighted by atomic mass is 9.93. The summed E-state index contributed by atoms with van der Waals surface area (Å²) in [4.78, 5) is 14.3. The highest BCUT2D eigenvalue weighted by atomic mass is 16.3. The fourth-order valence-electron chi connectivity index (χ4n) is 2.49. The third-order valence-corrected chi connectivity index (χ3v) is 3.24. The van der Waals surface area contributed by atoms with Crippen molar-refractivity contribution in [2.75, 3.05) is 32.9 Å². The van der Waals surface area contributed by atoms with E-state index in [1.54, 1.807) is 24.3 Å². The zero-order chi connectivity index (χ0) is 15.6. The Morgan fingerprint density at radius 3 is 2.71 bits per heavy atom. The molecule has 0 bridgehead atoms. The number of hydrogen-bond acceptors (Lipinski definition) is 4. The van der Waals surface area contributed by atoms with Gasteiger partial charge in [-0.1, -0.05) is 13.8 Å². The number of carbonyl (C=O) groups excluding carboxylic acids is 1. The number of furan rings is 1. The zero-order valence-corrected chi connectivity index (χ0v) is 13.1. The Hall–Kier alpha value is -2.01. The van der Waals surface area contributed by atoms with Crippen LogP contribution >= 0.6 is 0 Å². The molecule has 0 saturated carbocycles. The van der Waals surface area contributed by atoms with Gasteiger partial charge in [-0.2, -0.15) is 0 Å². The highest BCUT2D eigenvalue weighted by Gasteiger charge is 2.21. The van der Waals surface area contributed by atoms with Crippen LogP contribution in [-0.2, 0) is 0 Å². The molecule has 1 aromatic heterocycles. The SMILES string of the molecule is CN(C)CC(C)(C)CNC(=O)c1cc2cc(N)ccc2o1. The number of carbonyl (C=O) groups is 1. The number of nitrogens with two attached hydrogens (primary N) is 1. The number of nitrogens with zero attached hydrogens (tertiary/aromatic N) is 1. The van der Waals surface area contributed by atoms with Crippen LogP contribution in [0.3, 0.4) is 0 Å². The Balaban J connectivity index is 2.05. The third-order valence-electron chi connectivity index (χ3n) is 3.24. The number of nitrogens with one attached hydrogen (secondary N) is 1. The van der Waals surface area contributed by atoms with Gasteiger partial charge in [0.05, 0.1) is 0 Å². The first-order valence-corrected chi connectivity index (χ1v) is 6.99. The van der Waals surface area contributed by atoms with Crippen LogP contribution in [0.2, 0.25) is 0 Å². The number of rotatable bonds is 5. The van der Waals surface area contributed by atoms with E-state index in [9.17, 15) is 4.79 Å². The molecule has 114 valence electrons. The highest BCUT2D eigenvalue weighted by molar-refractivity contribution is 5.96. The van der Waals surface area contributed by atoms with E-state index < -0.39 is 0 Å². The summed E-state index contributed by atoms with van der Waals surface area (Å²) in [5.41, 5.74) is 7.04. The molecule has 0 aliphatic rings. The zero-order valence-electron chi connectivity index (χ0n) is 13.1. The van der Waals surface area contributed by atoms with Crippen LogP contribution in [0, 0.1) is 5.41 Å². The summed E-state index contributed by atoms with van der Waals surface area (Å²) < 4.78 is 5.55. The molecule has 0 aliphatic heterocycles. The second-order valence-electron chi connectivity index (χ2n) is 6.49. The predicted octanol–water partition coefficient (Wildman–Crippen LogP) is 2.33. The van der Waals surface area contributed by atoms with E-state index in [1.807, 2.05) is 14.1 Å². The molecule has 0 atom stereocenters. The third kappa shape index (κ3) is 3.98. The van der Waals surface area contributed by atoms with Crippen LogP contribution < -0.4 is 11.1 Å². The van der Waals surface area contributed by atoms with Crippen molar-refractivity contribution in [1.82, 2.24) is 10.2 Å². The van der Waals surface area contributed by atoms with Crippen LogP contribution in [0.15, 0.2) is 28.7 Å². The van der Waals surface area contributed by atoms with Crippen molar-refractivity contribution < 1.29 is 9.21 Å². The van der Waals surface area contributed by atoms with E-state index in [-0.39, 0.29) is 11.3 Å². The summed E-state index contributed by atoms with van der Waals surface area (Å²) in [6, 6.07) is 7.05. The first kappa shape index (κ1) is 15.4. The Morgan fingerprint density at radius 2 is 2.05 bits per heavy atom. The van der Waals surface area contributed by atoms with Crippen molar-refractivity contribution in [3.8, 4) is 0 Å². The molecule has 1 amide bonds. The highest BCUT2D eigenvalue weighted by Crippen LogP contribution is 2.22. The Bertz CT molecular complexity index is 644. The van der Waals surface area contributed by atoms with Gasteiger partial charge in [-0.3, -0.25) is 4.79 Å². The summed E-state index contributed by atoms with van der Waals surface area (Å²) in [5, 5.41) is 3.77. The van der Waals surface area contributed by atoms with Gasteiger partial charge in [0.1, 0.15) is 5.58 Å². The van der Waals surface area contributed by atoms with E-state index in [0.717, 1.165) is 11.9 Å². The minimum atomic E-state index is -0.198. The van der Waals surface area contributed by atoms with Gasteiger partial charge in [0.15, 0.2) is 5.76 Å². The Kier molecular flexibility index (Phi) is 4.23. The van der Waals surface area contributed by atoms with Gasteiger partial charge in [-0.05, 0) is 43.8 Å². The fraction of sp³-hybridized carbons (Fsp3) is 0.438. The topological polar surface area (TPSA) is 71.5 Å². The first-order chi connectivity index (χ1) is 9.77. The molecule has 5 nitrogen and oxygen atoms in total. The number of amides is 1. The molecule has 1 heterocycles. The maximum Gasteiger partial charge on any atom is 0.287 e. The van der Waals surface area contributed by atoms with Gasteiger partial charge in [-0.15, -0.1) is 0 Å². The van der Waals surface area contributed by atoms with Gasteiger partial charge < -0.3 is 20.4 Å². The van der Waals surface area contributed by atoms with Crippen molar-refractivity contribution in [2.45, 2.75) is 13.8 Å². The summed E-state index contributed by atoms with van der Waals surface area (Å²) >= 11 is 0. The quantitative estimate of drug-likeness (QED) is 0.829. The van der Waals surface area contributed by atoms with Crippen LogP contribution in [-0.4, -0.2) is 38.0 Å². The Labute approximate surface area is 125 Å². The molecule has 0 spiro atoms. The lowest BCUT2D eigenvalue weighted by molar-refractivity contribution is 0.0903. The molecule has 2 rings (SSSR count). The lowest BCUT2D eigenvalue weighted by Gasteiger charge is -2.28. The summed E-state index contributed by atoms with van der Waals surface area (Å²) in [5.74, 6) is 0.118. The number of benzene rings is 1. The number of hydrogen-bond donors (Lipinski definition) is 2. The number of anilines is 1. The standard InChI is InChI=1S/C16H23N3O2/c1-16(2,10-19(3)4)9-18-15(20)14-8-11-7-12(17)5-6-13(11)21-14/h5-8H,9-10,17H2,1-4H3,(H,18,20). The molecule has 0 fully saturated rings. The van der Waals surface area contributed by atoms with Crippen molar-refractivity contribution in [1.29, 1.82) is 0 Å². The first-order valence-electron chi connectivity index (χ1n) is 6.99. The summed E-state index contributed by atoms with van der Waals surface area (Å²) in [7, 11) is 4.04. The van der Waals surface area contributed by atoms with Crippen LogP contribution in [0.25, 0.3) is 11.0 Å². The number of fused-ring (bicyclic) bond motifs is 1. The molecule has 5 heteroatoms. The van der Waals surface area contributed by atoms with Crippen molar-refractivity contribution in [2.24, 2.45) is 5.41 Å². The maximum atomic E-state index is 12.2. The minimum Gasteiger partial charge on any atom is -0.451 e. The molecular formula is C16H23N3O2. The Morgan fingerprint density at radius 1 is 1.33 bits per heavy atom. The van der Waals surface area contributed by atoms with E-state index in [4.69, 9.17) is 10.2 Å². The molecule has 0 unspecified atom stereocenters. The number of nitrogen functional groups attached to an aromatic ring is 1. The van der Waals surface area contributed by atoms with Gasteiger partial charge in [0.2, 0.25) is 0 Å². The van der Waals surface area contributed by atoms with E-state index >= 15 is 0 Å². The summed E-state index contributed by atoms with van der Waals surface area (Å²) in [6.07, 6.45) is 0. The average Bonchev–Trinajstić information content (AvgIpc) is 2.77. The van der Waals surface area contributed by atoms with Crippen molar-refractivity contribution in [3.63, 3.8) is 0 Å². The van der Waals surface area contributed by atoms with Crippen molar-refractivity contribution in [3.05, 3.63) is 30.0 Å². The fourth-order valence-corrected chi connectivity index (χ4v) is 2.49. The molecule has 2 aromatic rings. The predicted molar refractivity (Wildman–Crippen MR) is 85.3 cm³/mol. The average molecular weight is 289 g/mol. The minimum absolute atomic E-state index is 0.00436. The van der Waals surface area contributed by atoms with E-state index in [0.29, 0.717) is 23.6 Å². The molecule has 0 aliphatic carbocycles. The van der Waals surface area contributed by atoms with Gasteiger partial charge in [0.25, 0.3) is 5.91 Å². The van der Waals surface area contributed by atoms with Crippen LogP contribution in [0.5, 0.6) is 0 Å². The maximum absolute atomic E-state index is 12.2. The van der Waals surface area contributed by atoms with E-state index in [2.05, 4.69) is 24.1 Å². The molecule has 3 N–H and O–H groups in total. The largest absolute Gasteiger partial charge is 0.451 e. The van der Waals surface area contributed by atoms with Gasteiger partial charge >= 0.3 is 0 Å². The van der Waals surface area contributed by atoms with Gasteiger partial charge in [0, 0.05) is 24.2 Å². The lowest BCUT2D eigenvalue weighted by Crippen LogP contribution is -2.39. The molecular weight excluding hydrogens is 266 g/mol. The van der Waals surface area contributed by atoms with Crippen LogP contribution in [0.4, 0.5) is 5.69 Å². The summed E-state index contributed by atoms with van der Waals surface area (Å²) in [6.45, 7) is 5.71. The second-order valence-corrected chi connectivity index (χ2v) is 6.49.